The Hall–Kier alpha value is -1.00. The molecule has 0 unspecified atom stereocenters. The molecule has 5 heteroatoms. The molecule has 0 saturated carbocycles. The summed E-state index contributed by atoms with van der Waals surface area (Å²) in [5.41, 5.74) is 7.93. The monoisotopic (exact) mass is 263 g/mol. The Labute approximate surface area is 103 Å². The van der Waals surface area contributed by atoms with Crippen LogP contribution in [-0.2, 0) is 12.6 Å². The number of halogens is 4. The van der Waals surface area contributed by atoms with Gasteiger partial charge in [-0.25, -0.2) is 0 Å². The number of aryl methyl sites for hydroxylation is 1. The minimum absolute atomic E-state index is 0.365. The van der Waals surface area contributed by atoms with Gasteiger partial charge in [0.25, 0.3) is 0 Å². The smallest absolute Gasteiger partial charge is 0.327 e. The average molecular weight is 264 g/mol. The molecule has 0 aliphatic carbocycles. The predicted octanol–water partition coefficient (Wildman–Crippen LogP) is 3.72. The Morgan fingerprint density at radius 2 is 1.82 bits per heavy atom. The second-order valence-corrected chi connectivity index (χ2v) is 3.88. The van der Waals surface area contributed by atoms with Crippen LogP contribution < -0.4 is 5.73 Å². The van der Waals surface area contributed by atoms with Crippen molar-refractivity contribution in [1.29, 1.82) is 0 Å². The normalized spacial score (nSPS) is 12.9. The van der Waals surface area contributed by atoms with Crippen LogP contribution >= 0.6 is 11.6 Å². The molecule has 0 aromatic heterocycles. The van der Waals surface area contributed by atoms with Crippen LogP contribution in [0.4, 0.5) is 13.2 Å². The summed E-state index contributed by atoms with van der Waals surface area (Å²) in [5, 5.41) is 0. The summed E-state index contributed by atoms with van der Waals surface area (Å²) in [6, 6.07) is 5.13. The number of benzene rings is 1. The van der Waals surface area contributed by atoms with E-state index in [1.54, 1.807) is 0 Å². The molecule has 0 fully saturated rings. The number of nitrogens with two attached hydrogens (primary N) is 1. The first-order chi connectivity index (χ1) is 7.97. The van der Waals surface area contributed by atoms with Gasteiger partial charge in [-0.05, 0) is 36.1 Å². The molecule has 0 spiro atoms. The van der Waals surface area contributed by atoms with E-state index in [-0.39, 0.29) is 0 Å². The van der Waals surface area contributed by atoms with Crippen molar-refractivity contribution in [2.75, 3.05) is 6.54 Å². The van der Waals surface area contributed by atoms with Crippen LogP contribution in [0.15, 0.2) is 35.4 Å². The third kappa shape index (κ3) is 4.40. The van der Waals surface area contributed by atoms with Crippen LogP contribution in [0.1, 0.15) is 17.5 Å². The molecule has 1 aromatic carbocycles. The Morgan fingerprint density at radius 1 is 1.24 bits per heavy atom. The fraction of sp³-hybridized carbons (Fsp3) is 0.333. The molecule has 1 aromatic rings. The highest BCUT2D eigenvalue weighted by Gasteiger charge is 2.29. The van der Waals surface area contributed by atoms with E-state index in [4.69, 9.17) is 17.3 Å². The minimum Gasteiger partial charge on any atom is -0.327 e. The molecule has 1 nitrogen and oxygen atoms in total. The van der Waals surface area contributed by atoms with Gasteiger partial charge in [-0.15, -0.1) is 0 Å². The van der Waals surface area contributed by atoms with Crippen molar-refractivity contribution in [3.63, 3.8) is 0 Å². The lowest BCUT2D eigenvalue weighted by Gasteiger charge is -2.08. The first-order valence-corrected chi connectivity index (χ1v) is 5.55. The first-order valence-electron chi connectivity index (χ1n) is 5.11. The summed E-state index contributed by atoms with van der Waals surface area (Å²) in [6.07, 6.45) is -2.99. The second-order valence-electron chi connectivity index (χ2n) is 3.67. The molecule has 0 bridgehead atoms. The van der Waals surface area contributed by atoms with Gasteiger partial charge < -0.3 is 5.73 Å². The lowest BCUT2D eigenvalue weighted by Crippen LogP contribution is -2.05. The summed E-state index contributed by atoms with van der Waals surface area (Å²) >= 11 is 5.53. The lowest BCUT2D eigenvalue weighted by atomic mass is 10.0. The molecule has 0 aliphatic heterocycles. The van der Waals surface area contributed by atoms with Crippen LogP contribution in [0.3, 0.4) is 0 Å². The molecular weight excluding hydrogens is 251 g/mol. The van der Waals surface area contributed by atoms with Crippen molar-refractivity contribution < 1.29 is 13.2 Å². The Kier molecular flexibility index (Phi) is 5.02. The van der Waals surface area contributed by atoms with Crippen molar-refractivity contribution in [3.05, 3.63) is 46.5 Å². The van der Waals surface area contributed by atoms with Gasteiger partial charge in [-0.1, -0.05) is 23.7 Å². The van der Waals surface area contributed by atoms with Gasteiger partial charge in [0.2, 0.25) is 0 Å². The summed E-state index contributed by atoms with van der Waals surface area (Å²) in [5.74, 6) is 0. The van der Waals surface area contributed by atoms with E-state index in [9.17, 15) is 13.2 Å². The van der Waals surface area contributed by atoms with Crippen molar-refractivity contribution in [2.45, 2.75) is 19.0 Å². The van der Waals surface area contributed by atoms with Gasteiger partial charge in [0, 0.05) is 12.1 Å². The molecule has 0 saturated heterocycles. The number of rotatable bonds is 4. The zero-order chi connectivity index (χ0) is 12.9. The molecule has 0 heterocycles. The first kappa shape index (κ1) is 14.1. The number of alkyl halides is 3. The largest absolute Gasteiger partial charge is 0.416 e. The van der Waals surface area contributed by atoms with Crippen LogP contribution in [0.2, 0.25) is 0 Å². The van der Waals surface area contributed by atoms with Crippen molar-refractivity contribution in [2.24, 2.45) is 5.73 Å². The van der Waals surface area contributed by atoms with Crippen molar-refractivity contribution >= 4 is 11.6 Å². The van der Waals surface area contributed by atoms with E-state index >= 15 is 0 Å². The topological polar surface area (TPSA) is 26.0 Å². The summed E-state index contributed by atoms with van der Waals surface area (Å²) in [7, 11) is 0. The molecule has 0 atom stereocenters. The van der Waals surface area contributed by atoms with E-state index in [1.807, 2.05) is 0 Å². The third-order valence-electron chi connectivity index (χ3n) is 2.43. The predicted molar refractivity (Wildman–Crippen MR) is 62.8 cm³/mol. The highest BCUT2D eigenvalue weighted by molar-refractivity contribution is 6.25. The van der Waals surface area contributed by atoms with E-state index in [0.717, 1.165) is 23.3 Å². The maximum atomic E-state index is 12.3. The summed E-state index contributed by atoms with van der Waals surface area (Å²) in [4.78, 5) is 0. The third-order valence-corrected chi connectivity index (χ3v) is 2.74. The standard InChI is InChI=1S/C12H13ClF3N/c13-7-10(8-17)2-1-9-3-5-11(6-4-9)12(14,15)16/h3-7H,1-2,8,17H2/b10-7-. The molecule has 0 radical (unpaired) electrons. The van der Waals surface area contributed by atoms with Gasteiger partial charge in [0.15, 0.2) is 0 Å². The SMILES string of the molecule is NC/C(=C\Cl)CCc1ccc(C(F)(F)F)cc1. The van der Waals surface area contributed by atoms with E-state index < -0.39 is 11.7 Å². The van der Waals surface area contributed by atoms with Crippen LogP contribution in [0.25, 0.3) is 0 Å². The van der Waals surface area contributed by atoms with E-state index in [1.165, 1.54) is 17.7 Å². The Bertz CT molecular complexity index is 382. The molecular formula is C12H13ClF3N. The van der Waals surface area contributed by atoms with Crippen LogP contribution in [0.5, 0.6) is 0 Å². The average Bonchev–Trinajstić information content (AvgIpc) is 2.30. The zero-order valence-corrected chi connectivity index (χ0v) is 9.85. The lowest BCUT2D eigenvalue weighted by molar-refractivity contribution is -0.137. The quantitative estimate of drug-likeness (QED) is 0.880. The molecule has 17 heavy (non-hydrogen) atoms. The van der Waals surface area contributed by atoms with Crippen LogP contribution in [0, 0.1) is 0 Å². The zero-order valence-electron chi connectivity index (χ0n) is 9.10. The van der Waals surface area contributed by atoms with Gasteiger partial charge in [-0.2, -0.15) is 13.2 Å². The fourth-order valence-electron chi connectivity index (χ4n) is 1.37. The molecule has 94 valence electrons. The Balaban J connectivity index is 2.63. The summed E-state index contributed by atoms with van der Waals surface area (Å²) < 4.78 is 36.9. The van der Waals surface area contributed by atoms with Crippen molar-refractivity contribution in [1.82, 2.24) is 0 Å². The van der Waals surface area contributed by atoms with E-state index in [2.05, 4.69) is 0 Å². The highest BCUT2D eigenvalue weighted by atomic mass is 35.5. The maximum absolute atomic E-state index is 12.3. The van der Waals surface area contributed by atoms with Gasteiger partial charge in [0.1, 0.15) is 0 Å². The Morgan fingerprint density at radius 3 is 2.24 bits per heavy atom. The highest BCUT2D eigenvalue weighted by Crippen LogP contribution is 2.29. The van der Waals surface area contributed by atoms with Gasteiger partial charge in [0.05, 0.1) is 5.56 Å². The molecule has 2 N–H and O–H groups in total. The van der Waals surface area contributed by atoms with E-state index in [0.29, 0.717) is 19.4 Å². The minimum atomic E-state index is -4.28. The molecule has 0 amide bonds. The maximum Gasteiger partial charge on any atom is 0.416 e. The second kappa shape index (κ2) is 6.07. The van der Waals surface area contributed by atoms with Crippen molar-refractivity contribution in [3.8, 4) is 0 Å². The molecule has 1 rings (SSSR count). The van der Waals surface area contributed by atoms with Gasteiger partial charge in [-0.3, -0.25) is 0 Å². The molecule has 0 aliphatic rings. The number of hydrogen-bond acceptors (Lipinski definition) is 1. The van der Waals surface area contributed by atoms with Gasteiger partial charge >= 0.3 is 6.18 Å². The fourth-order valence-corrected chi connectivity index (χ4v) is 1.56. The van der Waals surface area contributed by atoms with Crippen LogP contribution in [-0.4, -0.2) is 6.54 Å². The number of hydrogen-bond donors (Lipinski definition) is 1. The summed E-state index contributed by atoms with van der Waals surface area (Å²) in [6.45, 7) is 0.365.